The van der Waals surface area contributed by atoms with Gasteiger partial charge < -0.3 is 4.74 Å². The lowest BCUT2D eigenvalue weighted by atomic mass is 9.94. The van der Waals surface area contributed by atoms with E-state index in [-0.39, 0.29) is 12.2 Å². The summed E-state index contributed by atoms with van der Waals surface area (Å²) in [6, 6.07) is 5.27. The molecule has 1 aromatic carbocycles. The first-order valence-electron chi connectivity index (χ1n) is 5.77. The van der Waals surface area contributed by atoms with Gasteiger partial charge in [0.2, 0.25) is 0 Å². The molecule has 1 rings (SSSR count). The quantitative estimate of drug-likeness (QED) is 0.474. The van der Waals surface area contributed by atoms with Gasteiger partial charge in [0.15, 0.2) is 5.78 Å². The van der Waals surface area contributed by atoms with Gasteiger partial charge in [-0.2, -0.15) is 13.2 Å². The van der Waals surface area contributed by atoms with Crippen LogP contribution >= 0.6 is 11.6 Å². The van der Waals surface area contributed by atoms with Gasteiger partial charge in [0.05, 0.1) is 13.0 Å². The van der Waals surface area contributed by atoms with Gasteiger partial charge in [-0.05, 0) is 31.2 Å². The number of carbonyl (C=O) groups is 2. The second-order valence-corrected chi connectivity index (χ2v) is 4.43. The molecular weight excluding hydrogens is 297 g/mol. The van der Waals surface area contributed by atoms with Crippen molar-refractivity contribution in [3.63, 3.8) is 0 Å². The number of ketones is 1. The molecule has 3 nitrogen and oxygen atoms in total. The summed E-state index contributed by atoms with van der Waals surface area (Å²) in [6.45, 7) is 1.36. The Morgan fingerprint density at radius 2 is 1.80 bits per heavy atom. The molecule has 0 saturated heterocycles. The van der Waals surface area contributed by atoms with Gasteiger partial charge in [0.1, 0.15) is 5.92 Å². The molecule has 0 aromatic heterocycles. The van der Waals surface area contributed by atoms with Crippen LogP contribution < -0.4 is 0 Å². The molecule has 110 valence electrons. The third kappa shape index (κ3) is 4.85. The van der Waals surface area contributed by atoms with Gasteiger partial charge in [0, 0.05) is 10.6 Å². The summed E-state index contributed by atoms with van der Waals surface area (Å²) in [5.41, 5.74) is -0.0169. The van der Waals surface area contributed by atoms with E-state index in [9.17, 15) is 22.8 Å². The molecule has 0 aliphatic heterocycles. The molecule has 0 fully saturated rings. The highest BCUT2D eigenvalue weighted by Crippen LogP contribution is 2.28. The van der Waals surface area contributed by atoms with Crippen molar-refractivity contribution in [2.75, 3.05) is 6.61 Å². The van der Waals surface area contributed by atoms with Crippen LogP contribution in [0.5, 0.6) is 0 Å². The van der Waals surface area contributed by atoms with E-state index in [2.05, 4.69) is 4.74 Å². The Morgan fingerprint density at radius 1 is 1.25 bits per heavy atom. The van der Waals surface area contributed by atoms with Crippen molar-refractivity contribution < 1.29 is 27.5 Å². The maximum absolute atomic E-state index is 12.5. The number of benzene rings is 1. The highest BCUT2D eigenvalue weighted by molar-refractivity contribution is 6.30. The molecule has 1 unspecified atom stereocenters. The lowest BCUT2D eigenvalue weighted by Gasteiger charge is -2.16. The molecule has 1 aromatic rings. The summed E-state index contributed by atoms with van der Waals surface area (Å²) >= 11 is 5.63. The molecule has 0 radical (unpaired) electrons. The fraction of sp³-hybridized carbons (Fsp3) is 0.385. The van der Waals surface area contributed by atoms with Crippen molar-refractivity contribution >= 4 is 23.4 Å². The van der Waals surface area contributed by atoms with Crippen molar-refractivity contribution in [3.8, 4) is 0 Å². The summed E-state index contributed by atoms with van der Waals surface area (Å²) in [5, 5.41) is 0.338. The molecule has 0 bridgehead atoms. The molecule has 20 heavy (non-hydrogen) atoms. The molecule has 0 spiro atoms. The molecule has 1 atom stereocenters. The Labute approximate surface area is 118 Å². The number of hydrogen-bond acceptors (Lipinski definition) is 3. The van der Waals surface area contributed by atoms with E-state index < -0.39 is 30.3 Å². The number of halogens is 4. The number of hydrogen-bond donors (Lipinski definition) is 0. The fourth-order valence-electron chi connectivity index (χ4n) is 1.57. The Kier molecular flexibility index (Phi) is 5.56. The lowest BCUT2D eigenvalue weighted by molar-refractivity contribution is -0.163. The number of rotatable bonds is 5. The van der Waals surface area contributed by atoms with Crippen LogP contribution in [0.1, 0.15) is 23.7 Å². The van der Waals surface area contributed by atoms with Crippen LogP contribution in [0.25, 0.3) is 0 Å². The minimum absolute atomic E-state index is 0.0169. The molecule has 0 heterocycles. The van der Waals surface area contributed by atoms with Crippen LogP contribution in [0.15, 0.2) is 24.3 Å². The molecule has 0 saturated carbocycles. The second kappa shape index (κ2) is 6.74. The van der Waals surface area contributed by atoms with Gasteiger partial charge in [-0.15, -0.1) is 0 Å². The first-order chi connectivity index (χ1) is 9.24. The van der Waals surface area contributed by atoms with Gasteiger partial charge >= 0.3 is 12.1 Å². The highest BCUT2D eigenvalue weighted by atomic mass is 35.5. The Morgan fingerprint density at radius 3 is 2.25 bits per heavy atom. The zero-order chi connectivity index (χ0) is 15.3. The van der Waals surface area contributed by atoms with Crippen molar-refractivity contribution in [1.82, 2.24) is 0 Å². The number of Topliss-reactive ketones (excluding diaryl/α,β-unsaturated/α-hetero) is 1. The standard InChI is InChI=1S/C13H12ClF3O3/c1-2-20-12(19)10(7-13(15,16)17)11(18)8-3-5-9(14)6-4-8/h3-6,10H,2,7H2,1H3. The van der Waals surface area contributed by atoms with E-state index in [0.717, 1.165) is 0 Å². The molecule has 0 aliphatic rings. The van der Waals surface area contributed by atoms with E-state index in [1.54, 1.807) is 0 Å². The normalized spacial score (nSPS) is 12.8. The fourth-order valence-corrected chi connectivity index (χ4v) is 1.70. The summed E-state index contributed by atoms with van der Waals surface area (Å²) in [7, 11) is 0. The molecule has 0 amide bonds. The first-order valence-corrected chi connectivity index (χ1v) is 6.15. The first kappa shape index (κ1) is 16.5. The van der Waals surface area contributed by atoms with E-state index >= 15 is 0 Å². The smallest absolute Gasteiger partial charge is 0.390 e. The van der Waals surface area contributed by atoms with Gasteiger partial charge in [-0.25, -0.2) is 0 Å². The lowest BCUT2D eigenvalue weighted by Crippen LogP contribution is -2.31. The minimum atomic E-state index is -4.64. The Balaban J connectivity index is 3.00. The molecule has 0 N–H and O–H groups in total. The van der Waals surface area contributed by atoms with Crippen molar-refractivity contribution in [3.05, 3.63) is 34.9 Å². The van der Waals surface area contributed by atoms with E-state index in [1.807, 2.05) is 0 Å². The summed E-state index contributed by atoms with van der Waals surface area (Å²) in [6.07, 6.45) is -6.19. The SMILES string of the molecule is CCOC(=O)C(CC(F)(F)F)C(=O)c1ccc(Cl)cc1. The second-order valence-electron chi connectivity index (χ2n) is 4.00. The van der Waals surface area contributed by atoms with Crippen molar-refractivity contribution in [1.29, 1.82) is 0 Å². The van der Waals surface area contributed by atoms with Crippen LogP contribution in [0.4, 0.5) is 13.2 Å². The summed E-state index contributed by atoms with van der Waals surface area (Å²) in [5.74, 6) is -4.00. The maximum Gasteiger partial charge on any atom is 0.390 e. The van der Waals surface area contributed by atoms with Gasteiger partial charge in [-0.3, -0.25) is 9.59 Å². The number of esters is 1. The van der Waals surface area contributed by atoms with Crippen LogP contribution in [-0.4, -0.2) is 24.5 Å². The molecular formula is C13H12ClF3O3. The summed E-state index contributed by atoms with van der Waals surface area (Å²) < 4.78 is 41.9. The van der Waals surface area contributed by atoms with Crippen LogP contribution in [0, 0.1) is 5.92 Å². The maximum atomic E-state index is 12.5. The van der Waals surface area contributed by atoms with Crippen LogP contribution in [0.3, 0.4) is 0 Å². The predicted octanol–water partition coefficient (Wildman–Crippen LogP) is 3.65. The Bertz CT molecular complexity index is 483. The number of carbonyl (C=O) groups excluding carboxylic acids is 2. The van der Waals surface area contributed by atoms with Crippen molar-refractivity contribution in [2.24, 2.45) is 5.92 Å². The van der Waals surface area contributed by atoms with Gasteiger partial charge in [0.25, 0.3) is 0 Å². The van der Waals surface area contributed by atoms with Crippen molar-refractivity contribution in [2.45, 2.75) is 19.5 Å². The predicted molar refractivity (Wildman–Crippen MR) is 66.6 cm³/mol. The minimum Gasteiger partial charge on any atom is -0.465 e. The molecule has 7 heteroatoms. The molecule has 0 aliphatic carbocycles. The van der Waals surface area contributed by atoms with Crippen LogP contribution in [-0.2, 0) is 9.53 Å². The topological polar surface area (TPSA) is 43.4 Å². The van der Waals surface area contributed by atoms with Gasteiger partial charge in [-0.1, -0.05) is 11.6 Å². The highest BCUT2D eigenvalue weighted by Gasteiger charge is 2.40. The number of ether oxygens (including phenoxy) is 1. The Hall–Kier alpha value is -1.56. The zero-order valence-electron chi connectivity index (χ0n) is 10.5. The number of alkyl halides is 3. The average molecular weight is 309 g/mol. The summed E-state index contributed by atoms with van der Waals surface area (Å²) in [4.78, 5) is 23.5. The monoisotopic (exact) mass is 308 g/mol. The zero-order valence-corrected chi connectivity index (χ0v) is 11.3. The van der Waals surface area contributed by atoms with E-state index in [0.29, 0.717) is 5.02 Å². The largest absolute Gasteiger partial charge is 0.465 e. The van der Waals surface area contributed by atoms with Crippen LogP contribution in [0.2, 0.25) is 5.02 Å². The third-order valence-electron chi connectivity index (χ3n) is 2.45. The van der Waals surface area contributed by atoms with E-state index in [1.165, 1.54) is 31.2 Å². The van der Waals surface area contributed by atoms with E-state index in [4.69, 9.17) is 11.6 Å². The third-order valence-corrected chi connectivity index (χ3v) is 2.70. The average Bonchev–Trinajstić information content (AvgIpc) is 2.35.